The maximum atomic E-state index is 12.4. The Balaban J connectivity index is 1.48. The van der Waals surface area contributed by atoms with Gasteiger partial charge < -0.3 is 44.6 Å². The van der Waals surface area contributed by atoms with E-state index in [2.05, 4.69) is 4.98 Å². The van der Waals surface area contributed by atoms with Gasteiger partial charge in [0, 0.05) is 18.2 Å². The van der Waals surface area contributed by atoms with Crippen LogP contribution in [0, 0.1) is 6.92 Å². The third-order valence-electron chi connectivity index (χ3n) is 5.76. The van der Waals surface area contributed by atoms with Crippen molar-refractivity contribution in [1.82, 2.24) is 9.55 Å². The number of hydrogen-bond acceptors (Lipinski definition) is 13. The molecule has 1 aromatic rings. The molecule has 1 unspecified atom stereocenters. The topological polar surface area (TPSA) is 239 Å². The molecule has 0 spiro atoms. The van der Waals surface area contributed by atoms with Crippen LogP contribution in [-0.2, 0) is 27.8 Å². The van der Waals surface area contributed by atoms with Crippen LogP contribution in [0.15, 0.2) is 15.8 Å². The number of phosphoric acid groups is 1. The van der Waals surface area contributed by atoms with E-state index in [9.17, 15) is 44.6 Å². The van der Waals surface area contributed by atoms with E-state index in [1.165, 1.54) is 13.1 Å². The zero-order valence-corrected chi connectivity index (χ0v) is 20.2. The fourth-order valence-corrected chi connectivity index (χ4v) is 4.78. The van der Waals surface area contributed by atoms with Crippen molar-refractivity contribution < 1.29 is 58.2 Å². The van der Waals surface area contributed by atoms with E-state index in [1.807, 2.05) is 0 Å². The van der Waals surface area contributed by atoms with Crippen molar-refractivity contribution in [3.05, 3.63) is 32.6 Å². The first-order valence-electron chi connectivity index (χ1n) is 11.1. The molecule has 0 radical (unpaired) electrons. The van der Waals surface area contributed by atoms with Gasteiger partial charge in [0.15, 0.2) is 6.29 Å². The number of aryl methyl sites for hydroxylation is 1. The molecule has 0 amide bonds. The molecule has 7 N–H and O–H groups in total. The highest BCUT2D eigenvalue weighted by atomic mass is 31.2. The van der Waals surface area contributed by atoms with E-state index in [-0.39, 0.29) is 31.6 Å². The minimum Gasteiger partial charge on any atom is -0.394 e. The van der Waals surface area contributed by atoms with Crippen molar-refractivity contribution in [3.8, 4) is 0 Å². The summed E-state index contributed by atoms with van der Waals surface area (Å²) in [4.78, 5) is 35.8. The van der Waals surface area contributed by atoms with E-state index < -0.39 is 81.4 Å². The predicted octanol–water partition coefficient (Wildman–Crippen LogP) is -3.17. The Morgan fingerprint density at radius 3 is 2.44 bits per heavy atom. The quantitative estimate of drug-likeness (QED) is 0.108. The van der Waals surface area contributed by atoms with Gasteiger partial charge in [-0.05, 0) is 13.3 Å². The van der Waals surface area contributed by atoms with Gasteiger partial charge in [-0.1, -0.05) is 0 Å². The highest BCUT2D eigenvalue weighted by Gasteiger charge is 2.44. The van der Waals surface area contributed by atoms with E-state index in [0.717, 1.165) is 4.57 Å². The number of aromatic nitrogens is 2. The molecule has 2 saturated heterocycles. The summed E-state index contributed by atoms with van der Waals surface area (Å²) in [5, 5.41) is 48.1. The smallest absolute Gasteiger partial charge is 0.394 e. The molecule has 3 rings (SSSR count). The van der Waals surface area contributed by atoms with Gasteiger partial charge in [0.05, 0.1) is 26.4 Å². The fraction of sp³-hybridized carbons (Fsp3) is 0.789. The number of phosphoric ester groups is 1. The third-order valence-corrected chi connectivity index (χ3v) is 6.80. The zero-order valence-electron chi connectivity index (χ0n) is 19.3. The number of rotatable bonds is 11. The van der Waals surface area contributed by atoms with E-state index in [4.69, 9.17) is 23.3 Å². The average molecular weight is 542 g/mol. The van der Waals surface area contributed by atoms with Gasteiger partial charge in [-0.2, -0.15) is 0 Å². The number of H-pyrrole nitrogens is 1. The molecule has 1 aromatic heterocycles. The monoisotopic (exact) mass is 542 g/mol. The first-order chi connectivity index (χ1) is 17.0. The number of hydrogen-bond donors (Lipinski definition) is 7. The highest BCUT2D eigenvalue weighted by molar-refractivity contribution is 7.47. The molecule has 16 nitrogen and oxygen atoms in total. The molecular weight excluding hydrogens is 511 g/mol. The second-order valence-corrected chi connectivity index (χ2v) is 9.80. The van der Waals surface area contributed by atoms with Gasteiger partial charge in [0.25, 0.3) is 5.56 Å². The number of ether oxygens (including phenoxy) is 3. The lowest BCUT2D eigenvalue weighted by Crippen LogP contribution is -2.59. The van der Waals surface area contributed by atoms with Gasteiger partial charge >= 0.3 is 13.5 Å². The molecule has 2 aliphatic heterocycles. The number of aromatic amines is 1. The van der Waals surface area contributed by atoms with Crippen molar-refractivity contribution in [2.45, 2.75) is 68.9 Å². The lowest BCUT2D eigenvalue weighted by molar-refractivity contribution is -0.301. The van der Waals surface area contributed by atoms with Crippen LogP contribution in [-0.4, -0.2) is 109 Å². The van der Waals surface area contributed by atoms with E-state index in [1.54, 1.807) is 0 Å². The maximum absolute atomic E-state index is 12.4. The largest absolute Gasteiger partial charge is 0.472 e. The van der Waals surface area contributed by atoms with Crippen LogP contribution in [0.1, 0.15) is 24.6 Å². The highest BCUT2D eigenvalue weighted by Crippen LogP contribution is 2.48. The van der Waals surface area contributed by atoms with Crippen LogP contribution in [0.3, 0.4) is 0 Å². The Labute approximate surface area is 204 Å². The van der Waals surface area contributed by atoms with E-state index >= 15 is 0 Å². The predicted molar refractivity (Wildman–Crippen MR) is 117 cm³/mol. The van der Waals surface area contributed by atoms with Crippen molar-refractivity contribution in [2.24, 2.45) is 0 Å². The first kappa shape index (κ1) is 29.0. The second-order valence-electron chi connectivity index (χ2n) is 8.39. The molecule has 0 bridgehead atoms. The third kappa shape index (κ3) is 6.86. The molecule has 36 heavy (non-hydrogen) atoms. The van der Waals surface area contributed by atoms with Gasteiger partial charge in [-0.3, -0.25) is 23.4 Å². The minimum atomic E-state index is -4.64. The van der Waals surface area contributed by atoms with Crippen molar-refractivity contribution in [1.29, 1.82) is 0 Å². The summed E-state index contributed by atoms with van der Waals surface area (Å²) in [5.41, 5.74) is -1.08. The van der Waals surface area contributed by atoms with Crippen LogP contribution in [0.25, 0.3) is 0 Å². The van der Waals surface area contributed by atoms with Crippen molar-refractivity contribution in [3.63, 3.8) is 0 Å². The first-order valence-corrected chi connectivity index (χ1v) is 12.6. The Morgan fingerprint density at radius 1 is 1.08 bits per heavy atom. The number of aliphatic hydroxyl groups is 5. The standard InChI is InChI=1S/C19H31N2O14P/c1-9-6-21(19(28)20-17(9)27)13-5-10(11(7-22)33-13)35-36(29,30)32-4-2-3-31-18-16(26)15(25)14(24)12(8-23)34-18/h6,10-16,18,22-26H,2-5,7-8H2,1H3,(H,29,30)(H,20,27,28)/t10-,11+,12+,13+,14+,15-,16+,18+/m0/s1. The summed E-state index contributed by atoms with van der Waals surface area (Å²) in [6, 6.07) is 0. The minimum absolute atomic E-state index is 0.0300. The number of aliphatic hydroxyl groups excluding tert-OH is 5. The summed E-state index contributed by atoms with van der Waals surface area (Å²) < 4.78 is 39.5. The SMILES string of the molecule is Cc1cn([C@H]2C[C@H](OP(=O)(O)OCCCO[C@@H]3O[C@H](CO)[C@@H](O)[C@H](O)[C@H]3O)[C@@H](CO)O2)c(=O)[nH]c1=O. The normalized spacial score (nSPS) is 34.5. The Hall–Kier alpha value is -1.53. The molecule has 0 aromatic carbocycles. The van der Waals surface area contributed by atoms with Gasteiger partial charge in [-0.15, -0.1) is 0 Å². The molecule has 3 heterocycles. The Kier molecular flexibility index (Phi) is 9.95. The summed E-state index contributed by atoms with van der Waals surface area (Å²) in [6.45, 7) is -0.185. The van der Waals surface area contributed by atoms with Crippen LogP contribution < -0.4 is 11.2 Å². The van der Waals surface area contributed by atoms with Crippen molar-refractivity contribution >= 4 is 7.82 Å². The van der Waals surface area contributed by atoms with Crippen LogP contribution >= 0.6 is 7.82 Å². The molecule has 17 heteroatoms. The van der Waals surface area contributed by atoms with Gasteiger partial charge in [-0.25, -0.2) is 9.36 Å². The van der Waals surface area contributed by atoms with Crippen LogP contribution in [0.5, 0.6) is 0 Å². The second kappa shape index (κ2) is 12.3. The van der Waals surface area contributed by atoms with E-state index in [0.29, 0.717) is 0 Å². The summed E-state index contributed by atoms with van der Waals surface area (Å²) in [7, 11) is -4.64. The maximum Gasteiger partial charge on any atom is 0.472 e. The summed E-state index contributed by atoms with van der Waals surface area (Å²) in [5.74, 6) is 0. The van der Waals surface area contributed by atoms with Gasteiger partial charge in [0.2, 0.25) is 0 Å². The van der Waals surface area contributed by atoms with Crippen LogP contribution in [0.2, 0.25) is 0 Å². The molecule has 9 atom stereocenters. The lowest BCUT2D eigenvalue weighted by atomic mass is 9.99. The molecule has 0 aliphatic carbocycles. The number of nitrogens with one attached hydrogen (secondary N) is 1. The lowest BCUT2D eigenvalue weighted by Gasteiger charge is -2.39. The fourth-order valence-electron chi connectivity index (χ4n) is 3.79. The Morgan fingerprint density at radius 2 is 1.78 bits per heavy atom. The van der Waals surface area contributed by atoms with Gasteiger partial charge in [0.1, 0.15) is 42.9 Å². The average Bonchev–Trinajstić information content (AvgIpc) is 3.22. The summed E-state index contributed by atoms with van der Waals surface area (Å²) >= 11 is 0. The molecule has 0 saturated carbocycles. The molecule has 2 fully saturated rings. The Bertz CT molecular complexity index is 1030. The molecule has 2 aliphatic rings. The number of nitrogens with zero attached hydrogens (tertiary/aromatic N) is 1. The molecule has 206 valence electrons. The summed E-state index contributed by atoms with van der Waals surface area (Å²) in [6.07, 6.45) is -9.12. The molecular formula is C19H31N2O14P. The van der Waals surface area contributed by atoms with Crippen molar-refractivity contribution in [2.75, 3.05) is 26.4 Å². The zero-order chi connectivity index (χ0) is 26.6. The van der Waals surface area contributed by atoms with Crippen LogP contribution in [0.4, 0.5) is 0 Å².